The van der Waals surface area contributed by atoms with Gasteiger partial charge in [0.2, 0.25) is 0 Å². The van der Waals surface area contributed by atoms with Gasteiger partial charge in [-0.25, -0.2) is 0 Å². The molecule has 1 aromatic carbocycles. The first-order valence-corrected chi connectivity index (χ1v) is 5.76. The van der Waals surface area contributed by atoms with Gasteiger partial charge in [0, 0.05) is 24.2 Å². The Hall–Kier alpha value is -1.40. The van der Waals surface area contributed by atoms with E-state index in [1.807, 2.05) is 24.3 Å². The first kappa shape index (κ1) is 12.7. The summed E-state index contributed by atoms with van der Waals surface area (Å²) in [5, 5.41) is 8.63. The molecule has 0 unspecified atom stereocenters. The molecule has 0 spiro atoms. The van der Waals surface area contributed by atoms with Crippen LogP contribution in [0.4, 0.5) is 0 Å². The molecular formula is C13H14O2S. The lowest BCUT2D eigenvalue weighted by Crippen LogP contribution is -1.99. The van der Waals surface area contributed by atoms with Gasteiger partial charge in [-0.05, 0) is 18.1 Å². The van der Waals surface area contributed by atoms with Crippen molar-refractivity contribution in [3.05, 3.63) is 35.4 Å². The molecule has 0 saturated heterocycles. The minimum absolute atomic E-state index is 0.144. The smallest absolute Gasteiger partial charge is 0.303 e. The number of carboxylic acid groups (broad SMARTS) is 1. The van der Waals surface area contributed by atoms with Crippen molar-refractivity contribution >= 4 is 18.6 Å². The number of benzene rings is 1. The molecule has 1 aromatic rings. The van der Waals surface area contributed by atoms with Gasteiger partial charge in [-0.15, -0.1) is 0 Å². The van der Waals surface area contributed by atoms with Gasteiger partial charge in [0.1, 0.15) is 0 Å². The van der Waals surface area contributed by atoms with Crippen molar-refractivity contribution < 1.29 is 9.90 Å². The van der Waals surface area contributed by atoms with Crippen molar-refractivity contribution in [1.82, 2.24) is 0 Å². The molecule has 1 N–H and O–H groups in total. The van der Waals surface area contributed by atoms with E-state index in [-0.39, 0.29) is 6.42 Å². The van der Waals surface area contributed by atoms with Crippen molar-refractivity contribution in [3.63, 3.8) is 0 Å². The van der Waals surface area contributed by atoms with Crippen LogP contribution in [0, 0.1) is 11.8 Å². The van der Waals surface area contributed by atoms with Crippen LogP contribution in [0.15, 0.2) is 24.3 Å². The molecule has 0 atom stereocenters. The quantitative estimate of drug-likeness (QED) is 0.620. The molecule has 0 amide bonds. The third kappa shape index (κ3) is 4.41. The Labute approximate surface area is 101 Å². The zero-order valence-corrected chi connectivity index (χ0v) is 9.83. The average molecular weight is 234 g/mol. The molecule has 0 aromatic heterocycles. The van der Waals surface area contributed by atoms with Crippen LogP contribution in [0.1, 0.15) is 24.0 Å². The predicted molar refractivity (Wildman–Crippen MR) is 67.7 cm³/mol. The molecule has 84 valence electrons. The fraction of sp³-hybridized carbons (Fsp3) is 0.308. The summed E-state index contributed by atoms with van der Waals surface area (Å²) in [7, 11) is 0. The molecule has 3 heteroatoms. The van der Waals surface area contributed by atoms with Gasteiger partial charge < -0.3 is 5.11 Å². The largest absolute Gasteiger partial charge is 0.481 e. The summed E-state index contributed by atoms with van der Waals surface area (Å²) < 4.78 is 0. The number of aliphatic carboxylic acids is 1. The minimum atomic E-state index is -0.780. The monoisotopic (exact) mass is 234 g/mol. The molecule has 2 nitrogen and oxygen atoms in total. The van der Waals surface area contributed by atoms with Crippen molar-refractivity contribution in [1.29, 1.82) is 0 Å². The van der Waals surface area contributed by atoms with Crippen molar-refractivity contribution in [2.45, 2.75) is 19.3 Å². The number of rotatable bonds is 4. The van der Waals surface area contributed by atoms with Gasteiger partial charge in [-0.2, -0.15) is 12.6 Å². The first-order chi connectivity index (χ1) is 7.74. The second-order valence-corrected chi connectivity index (χ2v) is 3.77. The molecule has 0 aliphatic heterocycles. The summed E-state index contributed by atoms with van der Waals surface area (Å²) in [6.07, 6.45) is 1.42. The topological polar surface area (TPSA) is 37.3 Å². The van der Waals surface area contributed by atoms with Crippen LogP contribution in [0.2, 0.25) is 0 Å². The summed E-state index contributed by atoms with van der Waals surface area (Å²) in [5.41, 5.74) is 1.92. The van der Waals surface area contributed by atoms with E-state index >= 15 is 0 Å². The van der Waals surface area contributed by atoms with Crippen molar-refractivity contribution in [3.8, 4) is 11.8 Å². The zero-order valence-electron chi connectivity index (χ0n) is 8.94. The molecule has 0 saturated carbocycles. The summed E-state index contributed by atoms with van der Waals surface area (Å²) >= 11 is 4.08. The van der Waals surface area contributed by atoms with Crippen LogP contribution in [0.3, 0.4) is 0 Å². The standard InChI is InChI=1S/C13H14O2S/c14-13(15)9-8-12-6-2-1-5-11(12)7-3-4-10-16/h1-2,5-6,16H,4,8-10H2,(H,14,15). The lowest BCUT2D eigenvalue weighted by Gasteiger charge is -2.01. The Morgan fingerprint density at radius 3 is 2.81 bits per heavy atom. The van der Waals surface area contributed by atoms with Crippen LogP contribution in [0.25, 0.3) is 0 Å². The maximum Gasteiger partial charge on any atom is 0.303 e. The van der Waals surface area contributed by atoms with E-state index in [1.165, 1.54) is 0 Å². The number of thiol groups is 1. The highest BCUT2D eigenvalue weighted by atomic mass is 32.1. The van der Waals surface area contributed by atoms with Gasteiger partial charge in [-0.1, -0.05) is 30.0 Å². The summed E-state index contributed by atoms with van der Waals surface area (Å²) in [6.45, 7) is 0. The highest BCUT2D eigenvalue weighted by Crippen LogP contribution is 2.09. The fourth-order valence-electron chi connectivity index (χ4n) is 1.32. The van der Waals surface area contributed by atoms with Gasteiger partial charge in [0.05, 0.1) is 0 Å². The van der Waals surface area contributed by atoms with Crippen LogP contribution in [-0.2, 0) is 11.2 Å². The summed E-state index contributed by atoms with van der Waals surface area (Å²) in [6, 6.07) is 7.66. The Morgan fingerprint density at radius 1 is 1.38 bits per heavy atom. The normalized spacial score (nSPS) is 9.31. The van der Waals surface area contributed by atoms with E-state index in [2.05, 4.69) is 24.5 Å². The summed E-state index contributed by atoms with van der Waals surface area (Å²) in [5.74, 6) is 6.01. The van der Waals surface area contributed by atoms with Crippen LogP contribution in [-0.4, -0.2) is 16.8 Å². The fourth-order valence-corrected chi connectivity index (χ4v) is 1.43. The third-order valence-electron chi connectivity index (χ3n) is 2.09. The third-order valence-corrected chi connectivity index (χ3v) is 2.31. The Morgan fingerprint density at radius 2 is 2.12 bits per heavy atom. The second kappa shape index (κ2) is 6.97. The number of hydrogen-bond donors (Lipinski definition) is 2. The molecule has 0 bridgehead atoms. The van der Waals surface area contributed by atoms with E-state index in [1.54, 1.807) is 0 Å². The molecule has 0 fully saturated rings. The number of aryl methyl sites for hydroxylation is 1. The molecule has 0 aliphatic carbocycles. The number of carbonyl (C=O) groups is 1. The van der Waals surface area contributed by atoms with Crippen molar-refractivity contribution in [2.75, 3.05) is 5.75 Å². The van der Waals surface area contributed by atoms with E-state index in [0.717, 1.165) is 23.3 Å². The predicted octanol–water partition coefficient (Wildman–Crippen LogP) is 2.38. The second-order valence-electron chi connectivity index (χ2n) is 3.33. The van der Waals surface area contributed by atoms with Crippen LogP contribution < -0.4 is 0 Å². The SMILES string of the molecule is O=C(O)CCc1ccccc1C#CCCS. The van der Waals surface area contributed by atoms with Crippen molar-refractivity contribution in [2.24, 2.45) is 0 Å². The summed E-state index contributed by atoms with van der Waals surface area (Å²) in [4.78, 5) is 10.5. The van der Waals surface area contributed by atoms with Gasteiger partial charge in [-0.3, -0.25) is 4.79 Å². The zero-order chi connectivity index (χ0) is 11.8. The van der Waals surface area contributed by atoms with E-state index in [0.29, 0.717) is 6.42 Å². The number of hydrogen-bond acceptors (Lipinski definition) is 2. The molecule has 1 rings (SSSR count). The van der Waals surface area contributed by atoms with Gasteiger partial charge in [0.15, 0.2) is 0 Å². The van der Waals surface area contributed by atoms with Gasteiger partial charge >= 0.3 is 5.97 Å². The lowest BCUT2D eigenvalue weighted by molar-refractivity contribution is -0.136. The molecule has 0 heterocycles. The first-order valence-electron chi connectivity index (χ1n) is 5.13. The molecule has 16 heavy (non-hydrogen) atoms. The number of carboxylic acids is 1. The Bertz CT molecular complexity index is 415. The van der Waals surface area contributed by atoms with Gasteiger partial charge in [0.25, 0.3) is 0 Å². The molecular weight excluding hydrogens is 220 g/mol. The highest BCUT2D eigenvalue weighted by molar-refractivity contribution is 7.80. The van der Waals surface area contributed by atoms with E-state index in [4.69, 9.17) is 5.11 Å². The Balaban J connectivity index is 2.76. The average Bonchev–Trinajstić information content (AvgIpc) is 2.28. The van der Waals surface area contributed by atoms with E-state index in [9.17, 15) is 4.79 Å². The van der Waals surface area contributed by atoms with Crippen LogP contribution >= 0.6 is 12.6 Å². The highest BCUT2D eigenvalue weighted by Gasteiger charge is 2.02. The molecule has 0 aliphatic rings. The maximum absolute atomic E-state index is 10.5. The van der Waals surface area contributed by atoms with Crippen LogP contribution in [0.5, 0.6) is 0 Å². The maximum atomic E-state index is 10.5. The lowest BCUT2D eigenvalue weighted by atomic mass is 10.0. The molecule has 0 radical (unpaired) electrons. The van der Waals surface area contributed by atoms with E-state index < -0.39 is 5.97 Å². The Kier molecular flexibility index (Phi) is 5.52. The minimum Gasteiger partial charge on any atom is -0.481 e.